The van der Waals surface area contributed by atoms with E-state index < -0.39 is 86.9 Å². The first kappa shape index (κ1) is 112. The second kappa shape index (κ2) is 49.4. The summed E-state index contributed by atoms with van der Waals surface area (Å²) in [5.74, 6) is -7.39. The number of benzene rings is 11. The maximum atomic E-state index is 15.5. The molecule has 23 N–H and O–H groups in total. The van der Waals surface area contributed by atoms with Crippen molar-refractivity contribution >= 4 is 141 Å². The number of nitrogens with one attached hydrogen (secondary N) is 8. The summed E-state index contributed by atoms with van der Waals surface area (Å²) in [5, 5.41) is 112. The van der Waals surface area contributed by atoms with E-state index >= 15 is 8.78 Å². The van der Waals surface area contributed by atoms with Crippen LogP contribution in [0.1, 0.15) is 138 Å². The van der Waals surface area contributed by atoms with E-state index in [0.29, 0.717) is 101 Å². The molecule has 150 heavy (non-hydrogen) atoms. The number of carbonyl (C=O) groups is 4. The molecule has 0 aliphatic carbocycles. The number of ether oxygens (including phenoxy) is 4. The Bertz CT molecular complexity index is 7470. The summed E-state index contributed by atoms with van der Waals surface area (Å²) in [6, 6.07) is 62.1. The molecule has 2 atom stereocenters. The van der Waals surface area contributed by atoms with Crippen molar-refractivity contribution in [1.82, 2.24) is 34.1 Å². The van der Waals surface area contributed by atoms with Crippen LogP contribution in [0.2, 0.25) is 0 Å². The number of nitrogens with two attached hydrogens (primary N) is 5. The number of imidazole rings is 1. The van der Waals surface area contributed by atoms with Crippen molar-refractivity contribution in [2.75, 3.05) is 93.3 Å². The maximum absolute atomic E-state index is 15.5. The van der Waals surface area contributed by atoms with Crippen LogP contribution in [-0.4, -0.2) is 236 Å². The monoisotopic (exact) mass is 2140 g/mol. The Morgan fingerprint density at radius 3 is 1.58 bits per heavy atom. The van der Waals surface area contributed by atoms with E-state index in [2.05, 4.69) is 45.8 Å². The predicted molar refractivity (Wildman–Crippen MR) is 573 cm³/mol. The minimum absolute atomic E-state index is 0. The molecule has 1 radical (unpaired) electrons. The van der Waals surface area contributed by atoms with Crippen LogP contribution < -0.4 is 62.1 Å². The Hall–Kier alpha value is -16.4. The number of hydrogen-bond donors (Lipinski definition) is 18. The van der Waals surface area contributed by atoms with Crippen LogP contribution in [-0.2, 0) is 76.6 Å². The van der Waals surface area contributed by atoms with E-state index in [4.69, 9.17) is 95.6 Å². The molecule has 0 bridgehead atoms. The number of rotatable bonds is 32. The number of halogens is 2. The zero-order chi connectivity index (χ0) is 106. The third-order valence-corrected chi connectivity index (χ3v) is 27.3. The number of guanidine groups is 1. The number of amidine groups is 7. The summed E-state index contributed by atoms with van der Waals surface area (Å²) in [5.41, 5.74) is 35.8. The van der Waals surface area contributed by atoms with Gasteiger partial charge < -0.3 is 115 Å². The first-order chi connectivity index (χ1) is 70.5. The molecule has 6 heterocycles. The van der Waals surface area contributed by atoms with Crippen molar-refractivity contribution in [2.45, 2.75) is 109 Å². The number of carboxylic acids is 4. The van der Waals surface area contributed by atoms with Gasteiger partial charge in [-0.05, 0) is 197 Å². The van der Waals surface area contributed by atoms with Gasteiger partial charge in [-0.25, -0.2) is 18.2 Å². The van der Waals surface area contributed by atoms with Gasteiger partial charge in [-0.1, -0.05) is 117 Å². The summed E-state index contributed by atoms with van der Waals surface area (Å²) in [7, 11) is -1.14. The molecule has 4 aliphatic rings. The van der Waals surface area contributed by atoms with Gasteiger partial charge in [-0.15, -0.1) is 0 Å². The number of phenolic OH excluding ortho intramolecular Hbond substituents is 1. The third-order valence-electron chi connectivity index (χ3n) is 25.7. The van der Waals surface area contributed by atoms with Gasteiger partial charge in [0.05, 0.1) is 54.0 Å². The maximum Gasteiger partial charge on any atom is 0.338 e. The summed E-state index contributed by atoms with van der Waals surface area (Å²) in [6.07, 6.45) is 4.42. The van der Waals surface area contributed by atoms with E-state index in [0.717, 1.165) is 139 Å². The van der Waals surface area contributed by atoms with Gasteiger partial charge in [0, 0.05) is 157 Å². The van der Waals surface area contributed by atoms with Crippen LogP contribution in [0.3, 0.4) is 0 Å². The SMILES string of the molecule is CC(=N)N1CCC(Oc2ccc(N(Cc3ccc4ccc(C(=N)N)cc4c3)S(=O)(=O)CC(=O)O)cc2)CC1.CC(=N)N1CC[C@H](Oc2ccc(C(Cc3ccc4ccc(C(=N)N)cc4c3)C(=O)O)cc2)C1.CC(C)c1nc2c(C(=O)O)cc(NC3CCN(C(=N)N)CC3)cc2n1Cc1ccc2ccc(C(=N)N)cc2c1.CN1CCN=C1c1cccc(Oc2nc(Oc3cc(C(=N)N)ccc3O)c(F)c(N(C)CC(=O)O)c2F)c1.[CH3-].[Y]. The van der Waals surface area contributed by atoms with Gasteiger partial charge in [-0.3, -0.25) is 61.5 Å². The van der Waals surface area contributed by atoms with Gasteiger partial charge in [0.15, 0.2) is 23.2 Å². The molecule has 3 fully saturated rings. The molecule has 3 saturated heterocycles. The minimum atomic E-state index is -4.19. The number of aliphatic carboxylic acids is 3. The zero-order valence-corrected chi connectivity index (χ0v) is 87.4. The number of nitrogens with zero attached hydrogens (tertiary/aromatic N) is 10. The molecular weight excluding hydrogens is 2020 g/mol. The Kier molecular flexibility index (Phi) is 37.0. The summed E-state index contributed by atoms with van der Waals surface area (Å²) >= 11 is 0. The number of phenols is 1. The number of piperidine rings is 2. The third kappa shape index (κ3) is 28.1. The number of sulfonamides is 1. The molecule has 0 saturated carbocycles. The average molecular weight is 2140 g/mol. The van der Waals surface area contributed by atoms with Crippen LogP contribution in [0.25, 0.3) is 43.4 Å². The standard InChI is InChI=1S/C29H34N8O2.C27H31N5O5S.C26H28N4O3.C25H24F2N6O5.CH3.Y/c1-16(2)27-35-25-23(28(38)39)13-22(34-21-7-9-36(10-8-21)29(32)33)14-24(25)37(27)15-17-3-4-18-5-6-19(26(30)31)12-20(18)11-17;1-18(28)31-12-10-25(11-13-31)37-24-8-6-23(7-9-24)32(38(35,36)17-26(33)34)16-19-2-3-20-4-5-21(27(29)30)15-22(20)14-19;1-16(27)30-11-10-23(15-30)33-22-8-6-19(7-9-22)24(26(31)32)13-17-2-3-18-4-5-20(25(28)29)14-21(18)12-17;1-32-9-8-30-23(32)14-4-3-5-15(10-14)37-24-19(26)21(33(2)12-18(35)36)20(27)25(31-24)38-17-11-13(22(28)29)6-7-16(17)34;;/h3-6,11-14,16,21,34H,7-10,15H2,1-2H3,(H3,30,31)(H3,32,33)(H,38,39);2-9,14-15,25,28H,10-13,16-17H2,1H3,(H3,29,30)(H,33,34);2-9,12,14,23-24,27H,10-11,13,15H2,1H3,(H3,28,29)(H,31,32);3-7,10-11,34H,8-9,12H2,1-2H3,(H3,28,29)(H,35,36);1H3;/q;;;;-1;/t;;23-,24?;;;/m..0.../s1. The quantitative estimate of drug-likeness (QED) is 0.0106. The Morgan fingerprint density at radius 2 is 1.06 bits per heavy atom. The fourth-order valence-corrected chi connectivity index (χ4v) is 19.1. The zero-order valence-electron chi connectivity index (χ0n) is 83.7. The predicted octanol–water partition coefficient (Wildman–Crippen LogP) is 15.1. The molecule has 4 aliphatic heterocycles. The Labute approximate surface area is 890 Å². The van der Waals surface area contributed by atoms with Gasteiger partial charge in [0.1, 0.15) is 82.2 Å². The number of aliphatic imine (C=N–C) groups is 1. The van der Waals surface area contributed by atoms with Gasteiger partial charge in [0.25, 0.3) is 11.8 Å². The van der Waals surface area contributed by atoms with E-state index in [-0.39, 0.29) is 123 Å². The second-order valence-electron chi connectivity index (χ2n) is 36.8. The molecule has 17 rings (SSSR count). The first-order valence-corrected chi connectivity index (χ1v) is 49.1. The summed E-state index contributed by atoms with van der Waals surface area (Å²) in [6.45, 7) is 13.1. The number of aromatic carboxylic acids is 1. The number of pyridine rings is 1. The number of carboxylic acid groups (broad SMARTS) is 4. The fraction of sp³-hybridized carbons (Fsp3) is 0.269. The van der Waals surface area contributed by atoms with Gasteiger partial charge >= 0.3 is 23.9 Å². The minimum Gasteiger partial charge on any atom is -0.504 e. The molecule has 2 aromatic heterocycles. The van der Waals surface area contributed by atoms with Gasteiger partial charge in [0.2, 0.25) is 21.7 Å². The molecule has 42 heteroatoms. The summed E-state index contributed by atoms with van der Waals surface area (Å²) < 4.78 is 83.6. The number of likely N-dealkylation sites (tertiary alicyclic amines) is 3. The molecule has 781 valence electrons. The van der Waals surface area contributed by atoms with E-state index in [1.54, 1.807) is 80.6 Å². The number of anilines is 3. The fourth-order valence-electron chi connectivity index (χ4n) is 17.9. The molecule has 13 aromatic rings. The normalized spacial score (nSPS) is 14.2. The van der Waals surface area contributed by atoms with Crippen LogP contribution in [0.4, 0.5) is 25.8 Å². The van der Waals surface area contributed by atoms with Crippen LogP contribution in [0.15, 0.2) is 217 Å². The van der Waals surface area contributed by atoms with Crippen molar-refractivity contribution in [3.05, 3.63) is 293 Å². The second-order valence-corrected chi connectivity index (χ2v) is 38.7. The number of aromatic nitrogens is 3. The van der Waals surface area contributed by atoms with Gasteiger partial charge in [-0.2, -0.15) is 13.8 Å². The number of likely N-dealkylation sites (N-methyl/N-ethyl adjacent to an activating group) is 2. The number of aromatic hydroxyl groups is 1. The van der Waals surface area contributed by atoms with Crippen molar-refractivity contribution in [3.63, 3.8) is 0 Å². The van der Waals surface area contributed by atoms with Crippen molar-refractivity contribution in [3.8, 4) is 40.5 Å². The average Bonchev–Trinajstić information content (AvgIpc) is 1.62. The first-order valence-electron chi connectivity index (χ1n) is 47.5. The van der Waals surface area contributed by atoms with E-state index in [1.165, 1.54) is 31.3 Å². The van der Waals surface area contributed by atoms with E-state index in [9.17, 15) is 48.0 Å². The Balaban J connectivity index is 0.000000177. The smallest absolute Gasteiger partial charge is 0.338 e. The molecule has 1 unspecified atom stereocenters. The van der Waals surface area contributed by atoms with Crippen LogP contribution in [0.5, 0.6) is 40.5 Å². The molecule has 0 spiro atoms. The molecular formula is C108H120F2N23O15SY-. The molecule has 11 aromatic carbocycles. The summed E-state index contributed by atoms with van der Waals surface area (Å²) in [4.78, 5) is 68.7. The molecule has 0 amide bonds. The topological polar surface area (TPSA) is 612 Å². The Morgan fingerprint density at radius 1 is 0.553 bits per heavy atom. The number of fused-ring (bicyclic) bond motifs is 4. The number of nitrogen functional groups attached to an aromatic ring is 4. The molecule has 38 nitrogen and oxygen atoms in total. The van der Waals surface area contributed by atoms with Crippen molar-refractivity contribution in [2.24, 2.45) is 33.7 Å². The number of hydrogen-bond acceptors (Lipinski definition) is 24. The largest absolute Gasteiger partial charge is 0.504 e. The van der Waals surface area contributed by atoms with Crippen molar-refractivity contribution < 1.29 is 114 Å². The van der Waals surface area contributed by atoms with Crippen molar-refractivity contribution in [1.29, 1.82) is 37.9 Å². The van der Waals surface area contributed by atoms with Crippen LogP contribution in [0, 0.1) is 56.9 Å². The van der Waals surface area contributed by atoms with E-state index in [1.807, 2.05) is 136 Å². The van der Waals surface area contributed by atoms with Crippen LogP contribution >= 0.6 is 0 Å².